The third-order valence-electron chi connectivity index (χ3n) is 8.87. The van der Waals surface area contributed by atoms with Crippen LogP contribution in [0.5, 0.6) is 5.75 Å². The van der Waals surface area contributed by atoms with E-state index in [1.807, 2.05) is 69.5 Å². The molecule has 3 heterocycles. The monoisotopic (exact) mass is 666 g/mol. The Hall–Kier alpha value is -4.47. The molecule has 0 aliphatic carbocycles. The Balaban J connectivity index is 1.65. The Morgan fingerprint density at radius 3 is 2.43 bits per heavy atom. The highest BCUT2D eigenvalue weighted by Crippen LogP contribution is 2.39. The normalized spacial score (nSPS) is 15.9. The van der Waals surface area contributed by atoms with Crippen LogP contribution in [0, 0.1) is 13.8 Å². The lowest BCUT2D eigenvalue weighted by Gasteiger charge is -2.41. The first-order valence-corrected chi connectivity index (χ1v) is 16.9. The third kappa shape index (κ3) is 8.06. The lowest BCUT2D eigenvalue weighted by molar-refractivity contribution is -0.164. The first-order chi connectivity index (χ1) is 23.3. The van der Waals surface area contributed by atoms with Gasteiger partial charge in [-0.25, -0.2) is 9.78 Å². The van der Waals surface area contributed by atoms with Crippen molar-refractivity contribution >= 4 is 17.4 Å². The van der Waals surface area contributed by atoms with Gasteiger partial charge in [0.2, 0.25) is 0 Å². The molecule has 0 bridgehead atoms. The number of hydrogen-bond acceptors (Lipinski definition) is 8. The van der Waals surface area contributed by atoms with Crippen molar-refractivity contribution in [2.45, 2.75) is 84.7 Å². The highest BCUT2D eigenvalue weighted by Gasteiger charge is 2.38. The van der Waals surface area contributed by atoms with Crippen LogP contribution >= 0.6 is 0 Å². The number of fused-ring (bicyclic) bond motifs is 1. The van der Waals surface area contributed by atoms with Gasteiger partial charge in [-0.1, -0.05) is 48.6 Å². The number of rotatable bonds is 12. The Morgan fingerprint density at radius 1 is 1.06 bits per heavy atom. The second-order valence-electron chi connectivity index (χ2n) is 14.0. The molecule has 9 nitrogen and oxygen atoms in total. The molecule has 5 rings (SSSR count). The number of piperidine rings is 1. The SMILES string of the molecule is C=CCOC1(C)CCN(c2c([C@H](OC(C)(C)C)C(=O)OC)c(C)nc3cc(-c4cccc(-c5cc(C)ccc5OC(C)C=C)c4)nn23)CC1. The van der Waals surface area contributed by atoms with E-state index in [4.69, 9.17) is 29.0 Å². The Kier molecular flexibility index (Phi) is 10.6. The first kappa shape index (κ1) is 35.8. The van der Waals surface area contributed by atoms with Crippen molar-refractivity contribution in [1.29, 1.82) is 0 Å². The number of anilines is 1. The second kappa shape index (κ2) is 14.6. The summed E-state index contributed by atoms with van der Waals surface area (Å²) >= 11 is 0. The average Bonchev–Trinajstić information content (AvgIpc) is 3.50. The zero-order valence-corrected chi connectivity index (χ0v) is 30.2. The lowest BCUT2D eigenvalue weighted by atomic mass is 9.92. The molecular weight excluding hydrogens is 616 g/mol. The Labute approximate surface area is 290 Å². The van der Waals surface area contributed by atoms with Crippen LogP contribution in [0.15, 0.2) is 73.8 Å². The van der Waals surface area contributed by atoms with Gasteiger partial charge in [-0.05, 0) is 85.1 Å². The van der Waals surface area contributed by atoms with Crippen LogP contribution in [0.25, 0.3) is 28.0 Å². The summed E-state index contributed by atoms with van der Waals surface area (Å²) in [7, 11) is 1.38. The molecule has 0 radical (unpaired) electrons. The van der Waals surface area contributed by atoms with Crippen molar-refractivity contribution in [3.8, 4) is 28.1 Å². The minimum absolute atomic E-state index is 0.137. The van der Waals surface area contributed by atoms with E-state index in [0.717, 1.165) is 52.4 Å². The third-order valence-corrected chi connectivity index (χ3v) is 8.87. The van der Waals surface area contributed by atoms with Gasteiger partial charge in [0.15, 0.2) is 11.8 Å². The van der Waals surface area contributed by atoms with Crippen molar-refractivity contribution in [3.05, 3.63) is 90.7 Å². The molecule has 0 spiro atoms. The average molecular weight is 667 g/mol. The summed E-state index contributed by atoms with van der Waals surface area (Å²) in [6.07, 6.45) is 4.00. The zero-order valence-electron chi connectivity index (χ0n) is 30.2. The molecule has 1 saturated heterocycles. The fraction of sp³-hybridized carbons (Fsp3) is 0.425. The van der Waals surface area contributed by atoms with Crippen molar-refractivity contribution in [2.24, 2.45) is 0 Å². The molecule has 1 aliphatic heterocycles. The summed E-state index contributed by atoms with van der Waals surface area (Å²) in [6, 6.07) is 16.5. The molecule has 1 unspecified atom stereocenters. The summed E-state index contributed by atoms with van der Waals surface area (Å²) in [4.78, 5) is 20.7. The van der Waals surface area contributed by atoms with Gasteiger partial charge in [-0.2, -0.15) is 9.61 Å². The Morgan fingerprint density at radius 2 is 1.78 bits per heavy atom. The van der Waals surface area contributed by atoms with Gasteiger partial charge in [-0.15, -0.1) is 6.58 Å². The van der Waals surface area contributed by atoms with Crippen LogP contribution in [0.1, 0.15) is 70.4 Å². The summed E-state index contributed by atoms with van der Waals surface area (Å²) in [5.41, 5.74) is 5.89. The molecule has 260 valence electrons. The minimum Gasteiger partial charge on any atom is -0.486 e. The maximum atomic E-state index is 13.4. The van der Waals surface area contributed by atoms with Gasteiger partial charge >= 0.3 is 5.97 Å². The molecule has 2 aromatic carbocycles. The second-order valence-corrected chi connectivity index (χ2v) is 14.0. The number of methoxy groups -OCH3 is 1. The number of carbonyl (C=O) groups is 1. The molecule has 9 heteroatoms. The number of ether oxygens (including phenoxy) is 4. The molecular formula is C40H50N4O5. The molecule has 0 amide bonds. The number of esters is 1. The van der Waals surface area contributed by atoms with E-state index in [1.165, 1.54) is 7.11 Å². The van der Waals surface area contributed by atoms with Crippen LogP contribution in [0.2, 0.25) is 0 Å². The largest absolute Gasteiger partial charge is 0.486 e. The number of aryl methyl sites for hydroxylation is 2. The Bertz CT molecular complexity index is 1830. The standard InChI is InChI=1S/C40H50N4O5/c1-11-22-47-40(9)18-20-43(21-19-40)37-35(36(38(45)46-10)49-39(6,7)8)28(5)41-34-25-32(42-44(34)37)30-15-13-14-29(24-30)31-23-26(3)16-17-33(31)48-27(4)12-2/h11-17,23-25,27,36H,1-2,18-22H2,3-10H3/t27?,36-/m0/s1. The highest BCUT2D eigenvalue weighted by molar-refractivity contribution is 5.81. The van der Waals surface area contributed by atoms with Crippen molar-refractivity contribution in [3.63, 3.8) is 0 Å². The zero-order chi connectivity index (χ0) is 35.5. The van der Waals surface area contributed by atoms with Crippen LogP contribution in [0.4, 0.5) is 5.82 Å². The number of nitrogens with zero attached hydrogens (tertiary/aromatic N) is 4. The number of hydrogen-bond donors (Lipinski definition) is 0. The van der Waals surface area contributed by atoms with Gasteiger partial charge in [-0.3, -0.25) is 0 Å². The van der Waals surface area contributed by atoms with Gasteiger partial charge in [0.05, 0.1) is 36.2 Å². The van der Waals surface area contributed by atoms with E-state index in [0.29, 0.717) is 36.6 Å². The van der Waals surface area contributed by atoms with E-state index < -0.39 is 17.7 Å². The smallest absolute Gasteiger partial charge is 0.339 e. The van der Waals surface area contributed by atoms with Crippen molar-refractivity contribution in [2.75, 3.05) is 31.7 Å². The number of aromatic nitrogens is 3. The fourth-order valence-corrected chi connectivity index (χ4v) is 6.22. The summed E-state index contributed by atoms with van der Waals surface area (Å²) in [5.74, 6) is 1.07. The summed E-state index contributed by atoms with van der Waals surface area (Å²) < 4.78 is 25.9. The van der Waals surface area contributed by atoms with Crippen LogP contribution in [0.3, 0.4) is 0 Å². The molecule has 2 atom stereocenters. The maximum Gasteiger partial charge on any atom is 0.339 e. The molecule has 49 heavy (non-hydrogen) atoms. The molecule has 0 saturated carbocycles. The quantitative estimate of drug-likeness (QED) is 0.110. The van der Waals surface area contributed by atoms with Gasteiger partial charge in [0.25, 0.3) is 0 Å². The van der Waals surface area contributed by atoms with E-state index in [9.17, 15) is 4.79 Å². The van der Waals surface area contributed by atoms with Gasteiger partial charge in [0, 0.05) is 36.0 Å². The van der Waals surface area contributed by atoms with Crippen LogP contribution in [-0.2, 0) is 19.0 Å². The molecule has 4 aromatic rings. The van der Waals surface area contributed by atoms with Crippen LogP contribution < -0.4 is 9.64 Å². The lowest BCUT2D eigenvalue weighted by Crippen LogP contribution is -2.45. The first-order valence-electron chi connectivity index (χ1n) is 16.9. The topological polar surface area (TPSA) is 87.4 Å². The molecule has 2 aromatic heterocycles. The van der Waals surface area contributed by atoms with Crippen molar-refractivity contribution in [1.82, 2.24) is 14.6 Å². The highest BCUT2D eigenvalue weighted by atomic mass is 16.6. The fourth-order valence-electron chi connectivity index (χ4n) is 6.22. The van der Waals surface area contributed by atoms with E-state index in [2.05, 4.69) is 50.1 Å². The van der Waals surface area contributed by atoms with Gasteiger partial charge < -0.3 is 23.8 Å². The van der Waals surface area contributed by atoms with E-state index in [-0.39, 0.29) is 11.7 Å². The maximum absolute atomic E-state index is 13.4. The summed E-state index contributed by atoms with van der Waals surface area (Å²) in [6.45, 7) is 23.4. The molecule has 0 N–H and O–H groups in total. The minimum atomic E-state index is -1.00. The van der Waals surface area contributed by atoms with E-state index >= 15 is 0 Å². The van der Waals surface area contributed by atoms with E-state index in [1.54, 1.807) is 12.2 Å². The molecule has 1 aliphatic rings. The predicted molar refractivity (Wildman–Crippen MR) is 195 cm³/mol. The van der Waals surface area contributed by atoms with Gasteiger partial charge in [0.1, 0.15) is 17.7 Å². The number of benzene rings is 2. The molecule has 1 fully saturated rings. The van der Waals surface area contributed by atoms with Crippen LogP contribution in [-0.4, -0.2) is 64.7 Å². The number of carbonyl (C=O) groups excluding carboxylic acids is 1. The van der Waals surface area contributed by atoms with Crippen molar-refractivity contribution < 1.29 is 23.7 Å². The summed E-state index contributed by atoms with van der Waals surface area (Å²) in [5, 5.41) is 5.16. The predicted octanol–water partition coefficient (Wildman–Crippen LogP) is 8.22.